The van der Waals surface area contributed by atoms with Crippen molar-refractivity contribution in [1.82, 2.24) is 10.2 Å². The molecule has 0 aromatic heterocycles. The standard InChI is InChI=1S/C8H17FN2/c1-7(9)3-4-11(2)8-5-10-6-8/h7-8,10H,3-6H2,1-2H3. The Labute approximate surface area is 67.8 Å². The van der Waals surface area contributed by atoms with Crippen molar-refractivity contribution in [2.24, 2.45) is 0 Å². The van der Waals surface area contributed by atoms with E-state index in [0.717, 1.165) is 19.6 Å². The minimum absolute atomic E-state index is 0.647. The monoisotopic (exact) mass is 160 g/mol. The summed E-state index contributed by atoms with van der Waals surface area (Å²) in [6.45, 7) is 4.63. The third-order valence-electron chi connectivity index (χ3n) is 2.26. The number of likely N-dealkylation sites (N-methyl/N-ethyl adjacent to an activating group) is 1. The first-order valence-corrected chi connectivity index (χ1v) is 4.25. The Morgan fingerprint density at radius 1 is 1.64 bits per heavy atom. The Morgan fingerprint density at radius 2 is 2.27 bits per heavy atom. The molecular formula is C8H17FN2. The first-order valence-electron chi connectivity index (χ1n) is 4.25. The van der Waals surface area contributed by atoms with Gasteiger partial charge in [0.25, 0.3) is 0 Å². The lowest BCUT2D eigenvalue weighted by molar-refractivity contribution is 0.164. The third-order valence-corrected chi connectivity index (χ3v) is 2.26. The number of halogens is 1. The summed E-state index contributed by atoms with van der Waals surface area (Å²) in [6.07, 6.45) is -0.00187. The minimum Gasteiger partial charge on any atom is -0.314 e. The first-order chi connectivity index (χ1) is 5.20. The van der Waals surface area contributed by atoms with Gasteiger partial charge in [-0.25, -0.2) is 4.39 Å². The van der Waals surface area contributed by atoms with E-state index in [1.807, 2.05) is 0 Å². The van der Waals surface area contributed by atoms with Crippen molar-refractivity contribution < 1.29 is 4.39 Å². The second-order valence-corrected chi connectivity index (χ2v) is 3.36. The molecule has 0 radical (unpaired) electrons. The molecule has 1 aliphatic rings. The molecule has 1 saturated heterocycles. The summed E-state index contributed by atoms with van der Waals surface area (Å²) < 4.78 is 12.4. The first kappa shape index (κ1) is 8.94. The van der Waals surface area contributed by atoms with Gasteiger partial charge in [0.1, 0.15) is 0 Å². The summed E-state index contributed by atoms with van der Waals surface area (Å²) >= 11 is 0. The second-order valence-electron chi connectivity index (χ2n) is 3.36. The number of nitrogens with zero attached hydrogens (tertiary/aromatic N) is 1. The van der Waals surface area contributed by atoms with Crippen LogP contribution in [0.3, 0.4) is 0 Å². The highest BCUT2D eigenvalue weighted by Crippen LogP contribution is 2.04. The molecule has 1 rings (SSSR count). The third kappa shape index (κ3) is 2.75. The summed E-state index contributed by atoms with van der Waals surface area (Å²) in [6, 6.07) is 0.647. The van der Waals surface area contributed by atoms with Crippen LogP contribution in [0.15, 0.2) is 0 Å². The predicted molar refractivity (Wildman–Crippen MR) is 44.5 cm³/mol. The van der Waals surface area contributed by atoms with Gasteiger partial charge < -0.3 is 10.2 Å². The SMILES string of the molecule is CC(F)CCN(C)C1CNC1. The average Bonchev–Trinajstić information content (AvgIpc) is 1.79. The van der Waals surface area contributed by atoms with E-state index in [9.17, 15) is 4.39 Å². The molecule has 3 heteroatoms. The maximum absolute atomic E-state index is 12.4. The highest BCUT2D eigenvalue weighted by molar-refractivity contribution is 4.82. The summed E-state index contributed by atoms with van der Waals surface area (Å²) in [7, 11) is 2.06. The number of hydrogen-bond acceptors (Lipinski definition) is 2. The van der Waals surface area contributed by atoms with Crippen LogP contribution in [-0.4, -0.2) is 43.8 Å². The van der Waals surface area contributed by atoms with Gasteiger partial charge in [0.15, 0.2) is 0 Å². The topological polar surface area (TPSA) is 15.3 Å². The molecule has 0 saturated carbocycles. The minimum atomic E-state index is -0.662. The van der Waals surface area contributed by atoms with Gasteiger partial charge in [0, 0.05) is 25.7 Å². The van der Waals surface area contributed by atoms with Gasteiger partial charge in [-0.15, -0.1) is 0 Å². The predicted octanol–water partition coefficient (Wildman–Crippen LogP) is 0.638. The Morgan fingerprint density at radius 3 is 2.64 bits per heavy atom. The van der Waals surface area contributed by atoms with Crippen LogP contribution in [-0.2, 0) is 0 Å². The van der Waals surface area contributed by atoms with Crippen molar-refractivity contribution in [3.8, 4) is 0 Å². The molecule has 1 unspecified atom stereocenters. The molecule has 0 bridgehead atoms. The highest BCUT2D eigenvalue weighted by Gasteiger charge is 2.20. The van der Waals surface area contributed by atoms with Gasteiger partial charge in [0.2, 0.25) is 0 Å². The fraction of sp³-hybridized carbons (Fsp3) is 1.00. The lowest BCUT2D eigenvalue weighted by atomic mass is 10.1. The van der Waals surface area contributed by atoms with E-state index >= 15 is 0 Å². The molecule has 1 heterocycles. The van der Waals surface area contributed by atoms with Crippen molar-refractivity contribution in [2.45, 2.75) is 25.6 Å². The van der Waals surface area contributed by atoms with E-state index in [2.05, 4.69) is 17.3 Å². The lowest BCUT2D eigenvalue weighted by Gasteiger charge is -2.35. The molecule has 11 heavy (non-hydrogen) atoms. The molecule has 0 spiro atoms. The smallest absolute Gasteiger partial charge is 0.0985 e. The van der Waals surface area contributed by atoms with Crippen molar-refractivity contribution in [3.05, 3.63) is 0 Å². The molecule has 66 valence electrons. The number of nitrogens with one attached hydrogen (secondary N) is 1. The van der Waals surface area contributed by atoms with Gasteiger partial charge in [-0.05, 0) is 20.4 Å². The van der Waals surface area contributed by atoms with Crippen LogP contribution in [0.25, 0.3) is 0 Å². The maximum atomic E-state index is 12.4. The Balaban J connectivity index is 2.05. The molecule has 1 N–H and O–H groups in total. The summed E-state index contributed by atoms with van der Waals surface area (Å²) in [5.41, 5.74) is 0. The maximum Gasteiger partial charge on any atom is 0.0985 e. The normalized spacial score (nSPS) is 21.8. The van der Waals surface area contributed by atoms with Crippen molar-refractivity contribution in [3.63, 3.8) is 0 Å². The van der Waals surface area contributed by atoms with Gasteiger partial charge in [-0.1, -0.05) is 0 Å². The van der Waals surface area contributed by atoms with Crippen molar-refractivity contribution in [1.29, 1.82) is 0 Å². The highest BCUT2D eigenvalue weighted by atomic mass is 19.1. The van der Waals surface area contributed by atoms with Crippen LogP contribution in [0, 0.1) is 0 Å². The zero-order valence-electron chi connectivity index (χ0n) is 7.31. The fourth-order valence-corrected chi connectivity index (χ4v) is 1.15. The number of hydrogen-bond donors (Lipinski definition) is 1. The van der Waals surface area contributed by atoms with E-state index in [0.29, 0.717) is 12.5 Å². The Bertz CT molecular complexity index is 113. The molecule has 0 aromatic rings. The molecule has 2 nitrogen and oxygen atoms in total. The quantitative estimate of drug-likeness (QED) is 0.649. The molecular weight excluding hydrogens is 143 g/mol. The summed E-state index contributed by atoms with van der Waals surface area (Å²) in [5, 5.41) is 3.19. The largest absolute Gasteiger partial charge is 0.314 e. The van der Waals surface area contributed by atoms with E-state index in [4.69, 9.17) is 0 Å². The van der Waals surface area contributed by atoms with Crippen LogP contribution < -0.4 is 5.32 Å². The Kier molecular flexibility index (Phi) is 3.27. The number of rotatable bonds is 4. The van der Waals surface area contributed by atoms with Gasteiger partial charge in [-0.3, -0.25) is 0 Å². The molecule has 0 aliphatic carbocycles. The van der Waals surface area contributed by atoms with Gasteiger partial charge >= 0.3 is 0 Å². The molecule has 1 aliphatic heterocycles. The molecule has 1 fully saturated rings. The van der Waals surface area contributed by atoms with Crippen LogP contribution in [0.5, 0.6) is 0 Å². The lowest BCUT2D eigenvalue weighted by Crippen LogP contribution is -2.56. The zero-order chi connectivity index (χ0) is 8.27. The molecule has 1 atom stereocenters. The van der Waals surface area contributed by atoms with Crippen LogP contribution in [0.1, 0.15) is 13.3 Å². The second kappa shape index (κ2) is 4.02. The van der Waals surface area contributed by atoms with E-state index in [-0.39, 0.29) is 0 Å². The van der Waals surface area contributed by atoms with E-state index < -0.39 is 6.17 Å². The average molecular weight is 160 g/mol. The Hall–Kier alpha value is -0.150. The van der Waals surface area contributed by atoms with Crippen LogP contribution in [0.4, 0.5) is 4.39 Å². The number of alkyl halides is 1. The van der Waals surface area contributed by atoms with Crippen LogP contribution >= 0.6 is 0 Å². The van der Waals surface area contributed by atoms with E-state index in [1.54, 1.807) is 6.92 Å². The van der Waals surface area contributed by atoms with E-state index in [1.165, 1.54) is 0 Å². The summed E-state index contributed by atoms with van der Waals surface area (Å²) in [4.78, 5) is 2.23. The molecule has 0 amide bonds. The van der Waals surface area contributed by atoms with Crippen LogP contribution in [0.2, 0.25) is 0 Å². The summed E-state index contributed by atoms with van der Waals surface area (Å²) in [5.74, 6) is 0. The fourth-order valence-electron chi connectivity index (χ4n) is 1.15. The van der Waals surface area contributed by atoms with Crippen molar-refractivity contribution in [2.75, 3.05) is 26.7 Å². The van der Waals surface area contributed by atoms with Gasteiger partial charge in [-0.2, -0.15) is 0 Å². The van der Waals surface area contributed by atoms with Crippen molar-refractivity contribution >= 4 is 0 Å². The van der Waals surface area contributed by atoms with Gasteiger partial charge in [0.05, 0.1) is 6.17 Å². The molecule has 0 aromatic carbocycles. The zero-order valence-corrected chi connectivity index (χ0v) is 7.31.